The first-order chi connectivity index (χ1) is 22.6. The summed E-state index contributed by atoms with van der Waals surface area (Å²) in [5, 5.41) is 6.35. The van der Waals surface area contributed by atoms with Crippen molar-refractivity contribution >= 4 is 41.2 Å². The third kappa shape index (κ3) is 6.39. The average molecular weight is 683 g/mol. The Kier molecular flexibility index (Phi) is 8.67. The van der Waals surface area contributed by atoms with Crippen LogP contribution in [0.2, 0.25) is 5.02 Å². The number of fused-ring (bicyclic) bond motifs is 1. The number of likely N-dealkylation sites (tertiary alicyclic amines) is 1. The Morgan fingerprint density at radius 1 is 1.10 bits per heavy atom. The second kappa shape index (κ2) is 12.3. The highest BCUT2D eigenvalue weighted by molar-refractivity contribution is 6.66. The van der Waals surface area contributed by atoms with Crippen molar-refractivity contribution in [2.75, 3.05) is 19.7 Å². The third-order valence-corrected chi connectivity index (χ3v) is 10.9. The SMILES string of the molecule is CC(C)(C)OC(=O)N1CCC[C@]2(C[C@H](c3ncc(CCc4c(Cl)cc5c(cnn5C5CCCCO5)c4B4OC(C)(C)C(C)(C)O4)o3)O2)C1. The van der Waals surface area contributed by atoms with E-state index in [2.05, 4.69) is 32.7 Å². The van der Waals surface area contributed by atoms with Gasteiger partial charge in [0, 0.05) is 36.4 Å². The van der Waals surface area contributed by atoms with Gasteiger partial charge in [0.1, 0.15) is 17.5 Å². The van der Waals surface area contributed by atoms with Gasteiger partial charge in [-0.15, -0.1) is 0 Å². The molecule has 3 atom stereocenters. The van der Waals surface area contributed by atoms with Gasteiger partial charge in [0.25, 0.3) is 0 Å². The normalized spacial score (nSPS) is 27.1. The zero-order valence-electron chi connectivity index (χ0n) is 29.3. The first kappa shape index (κ1) is 33.8. The molecule has 0 saturated carbocycles. The van der Waals surface area contributed by atoms with Crippen molar-refractivity contribution in [1.82, 2.24) is 19.7 Å². The number of benzene rings is 1. The van der Waals surface area contributed by atoms with Crippen molar-refractivity contribution in [3.63, 3.8) is 0 Å². The van der Waals surface area contributed by atoms with Crippen molar-refractivity contribution in [2.24, 2.45) is 0 Å². The van der Waals surface area contributed by atoms with Crippen LogP contribution in [-0.2, 0) is 36.4 Å². The molecule has 1 aromatic carbocycles. The molecule has 4 aliphatic rings. The molecule has 0 radical (unpaired) electrons. The number of piperidine rings is 1. The molecule has 4 saturated heterocycles. The van der Waals surface area contributed by atoms with Crippen LogP contribution in [0.4, 0.5) is 4.79 Å². The fourth-order valence-electron chi connectivity index (χ4n) is 7.30. The van der Waals surface area contributed by atoms with Gasteiger partial charge >= 0.3 is 13.2 Å². The molecule has 3 aromatic rings. The fraction of sp³-hybridized carbons (Fsp3) is 0.686. The van der Waals surface area contributed by atoms with E-state index in [1.165, 1.54) is 0 Å². The molecular weight excluding hydrogens is 635 g/mol. The quantitative estimate of drug-likeness (QED) is 0.263. The molecule has 4 aliphatic heterocycles. The van der Waals surface area contributed by atoms with Gasteiger partial charge in [-0.25, -0.2) is 14.5 Å². The number of aryl methyl sites for hydroxylation is 1. The molecule has 1 spiro atoms. The third-order valence-electron chi connectivity index (χ3n) is 10.5. The van der Waals surface area contributed by atoms with Crippen molar-refractivity contribution in [2.45, 2.75) is 135 Å². The van der Waals surface area contributed by atoms with Crippen molar-refractivity contribution in [3.05, 3.63) is 40.7 Å². The molecule has 0 aliphatic carbocycles. The fourth-order valence-corrected chi connectivity index (χ4v) is 7.60. The minimum atomic E-state index is -0.614. The average Bonchev–Trinajstić information content (AvgIpc) is 3.69. The van der Waals surface area contributed by atoms with Crippen LogP contribution < -0.4 is 5.46 Å². The Hall–Kier alpha value is -2.64. The lowest BCUT2D eigenvalue weighted by Gasteiger charge is -2.51. The van der Waals surface area contributed by atoms with E-state index >= 15 is 0 Å². The second-order valence-electron chi connectivity index (χ2n) is 15.8. The van der Waals surface area contributed by atoms with E-state index in [0.717, 1.165) is 72.8 Å². The Balaban J connectivity index is 1.08. The molecule has 0 bridgehead atoms. The second-order valence-corrected chi connectivity index (χ2v) is 16.3. The zero-order chi connectivity index (χ0) is 34.1. The van der Waals surface area contributed by atoms with Gasteiger partial charge in [-0.3, -0.25) is 0 Å². The highest BCUT2D eigenvalue weighted by Crippen LogP contribution is 2.48. The number of carbonyl (C=O) groups excluding carboxylic acids is 1. The lowest BCUT2D eigenvalue weighted by Crippen LogP contribution is -2.58. The molecule has 13 heteroatoms. The number of halogens is 1. The Morgan fingerprint density at radius 3 is 2.54 bits per heavy atom. The minimum Gasteiger partial charge on any atom is -0.444 e. The van der Waals surface area contributed by atoms with Crippen molar-refractivity contribution in [1.29, 1.82) is 0 Å². The molecule has 7 rings (SSSR count). The maximum Gasteiger partial charge on any atom is 0.495 e. The molecule has 260 valence electrons. The molecular formula is C35H48BClN4O7. The van der Waals surface area contributed by atoms with Crippen LogP contribution in [0.5, 0.6) is 0 Å². The van der Waals surface area contributed by atoms with Gasteiger partial charge in [-0.05, 0) is 104 Å². The number of aromatic nitrogens is 3. The van der Waals surface area contributed by atoms with Crippen LogP contribution in [-0.4, -0.2) is 75.0 Å². The first-order valence-electron chi connectivity index (χ1n) is 17.4. The number of hydrogen-bond acceptors (Lipinski definition) is 9. The number of oxazole rings is 1. The summed E-state index contributed by atoms with van der Waals surface area (Å²) in [5.74, 6) is 1.31. The highest BCUT2D eigenvalue weighted by Gasteiger charge is 2.53. The van der Waals surface area contributed by atoms with Crippen LogP contribution in [0.15, 0.2) is 22.9 Å². The van der Waals surface area contributed by atoms with Gasteiger partial charge in [0.2, 0.25) is 5.89 Å². The van der Waals surface area contributed by atoms with E-state index in [4.69, 9.17) is 44.6 Å². The molecule has 6 heterocycles. The highest BCUT2D eigenvalue weighted by atomic mass is 35.5. The first-order valence-corrected chi connectivity index (χ1v) is 17.8. The number of nitrogens with zero attached hydrogens (tertiary/aromatic N) is 4. The number of hydrogen-bond donors (Lipinski definition) is 0. The molecule has 0 N–H and O–H groups in total. The number of rotatable bonds is 6. The van der Waals surface area contributed by atoms with Crippen LogP contribution >= 0.6 is 11.6 Å². The summed E-state index contributed by atoms with van der Waals surface area (Å²) in [5.41, 5.74) is 0.783. The van der Waals surface area contributed by atoms with E-state index in [1.54, 1.807) is 11.1 Å². The van der Waals surface area contributed by atoms with E-state index in [9.17, 15) is 4.79 Å². The number of amides is 1. The minimum absolute atomic E-state index is 0.126. The predicted octanol–water partition coefficient (Wildman–Crippen LogP) is 6.69. The van der Waals surface area contributed by atoms with Crippen LogP contribution in [0.1, 0.15) is 117 Å². The molecule has 4 fully saturated rings. The molecule has 11 nitrogen and oxygen atoms in total. The lowest BCUT2D eigenvalue weighted by molar-refractivity contribution is -0.236. The largest absolute Gasteiger partial charge is 0.495 e. The maximum absolute atomic E-state index is 12.7. The lowest BCUT2D eigenvalue weighted by atomic mass is 9.73. The predicted molar refractivity (Wildman–Crippen MR) is 181 cm³/mol. The van der Waals surface area contributed by atoms with Crippen molar-refractivity contribution in [3.8, 4) is 0 Å². The van der Waals surface area contributed by atoms with Gasteiger partial charge < -0.3 is 32.8 Å². The zero-order valence-corrected chi connectivity index (χ0v) is 30.0. The van der Waals surface area contributed by atoms with E-state index in [-0.39, 0.29) is 24.0 Å². The Morgan fingerprint density at radius 2 is 1.85 bits per heavy atom. The van der Waals surface area contributed by atoms with E-state index in [1.807, 2.05) is 37.7 Å². The van der Waals surface area contributed by atoms with Gasteiger partial charge in [-0.1, -0.05) is 11.6 Å². The summed E-state index contributed by atoms with van der Waals surface area (Å²) >= 11 is 7.11. The van der Waals surface area contributed by atoms with E-state index < -0.39 is 23.9 Å². The maximum atomic E-state index is 12.7. The molecule has 48 heavy (non-hydrogen) atoms. The van der Waals surface area contributed by atoms with Crippen LogP contribution in [0.25, 0.3) is 10.9 Å². The summed E-state index contributed by atoms with van der Waals surface area (Å²) < 4.78 is 39.5. The summed E-state index contributed by atoms with van der Waals surface area (Å²) in [6, 6.07) is 1.99. The van der Waals surface area contributed by atoms with Crippen LogP contribution in [0, 0.1) is 0 Å². The Labute approximate surface area is 288 Å². The smallest absolute Gasteiger partial charge is 0.444 e. The molecule has 1 amide bonds. The topological polar surface area (TPSA) is 110 Å². The summed E-state index contributed by atoms with van der Waals surface area (Å²) in [7, 11) is -0.614. The monoisotopic (exact) mass is 682 g/mol. The van der Waals surface area contributed by atoms with Gasteiger partial charge in [0.15, 0.2) is 6.23 Å². The van der Waals surface area contributed by atoms with Gasteiger partial charge in [-0.2, -0.15) is 5.10 Å². The number of carbonyl (C=O) groups is 1. The number of ether oxygens (including phenoxy) is 3. The Bertz CT molecular complexity index is 1650. The van der Waals surface area contributed by atoms with Gasteiger partial charge in [0.05, 0.1) is 41.3 Å². The summed E-state index contributed by atoms with van der Waals surface area (Å²) in [4.78, 5) is 19.1. The summed E-state index contributed by atoms with van der Waals surface area (Å²) in [6.07, 6.45) is 9.73. The van der Waals surface area contributed by atoms with Crippen LogP contribution in [0.3, 0.4) is 0 Å². The van der Waals surface area contributed by atoms with E-state index in [0.29, 0.717) is 36.8 Å². The molecule has 1 unspecified atom stereocenters. The van der Waals surface area contributed by atoms with Crippen molar-refractivity contribution < 1.29 is 32.7 Å². The standard InChI is InChI=1S/C35H48BClN4O7/c1-32(2,3)46-31(42)40-15-10-14-35(21-40)18-27(45-35)30-38-19-22(44-30)12-13-23-25(37)17-26-24(20-39-41(26)28-11-8-9-16-43-28)29(23)36-47-33(4,5)34(6,7)48-36/h17,19-20,27-28H,8-16,18,21H2,1-7H3/t27-,28?,35+/m1/s1. The summed E-state index contributed by atoms with van der Waals surface area (Å²) in [6.45, 7) is 15.8. The molecule has 2 aromatic heterocycles.